The molecule has 172 valence electrons. The Morgan fingerprint density at radius 2 is 1.97 bits per heavy atom. The lowest BCUT2D eigenvalue weighted by atomic mass is 9.46. The van der Waals surface area contributed by atoms with Gasteiger partial charge in [0.25, 0.3) is 0 Å². The standard InChI is InChI=1S/C29H44O2/c1-7-20(18(2)3)9-8-19(4)23-10-11-24-22-17-27(31)26-16-21(30)12-14-29(26,6)25(22)13-15-28(23,24)5/h8-9,16,19-20,22-25,27,31H,2,7,10-15,17H2,1,3-6H3/b9-8+/t19-,20-,22+,23-,24+,25+,27-,28-,29-/m1/s1. The predicted molar refractivity (Wildman–Crippen MR) is 128 cm³/mol. The molecule has 3 saturated carbocycles. The van der Waals surface area contributed by atoms with Gasteiger partial charge in [0.1, 0.15) is 0 Å². The maximum Gasteiger partial charge on any atom is 0.155 e. The van der Waals surface area contributed by atoms with Gasteiger partial charge in [-0.05, 0) is 110 Å². The van der Waals surface area contributed by atoms with Crippen molar-refractivity contribution < 1.29 is 9.90 Å². The van der Waals surface area contributed by atoms with Crippen molar-refractivity contribution in [2.45, 2.75) is 92.1 Å². The third-order valence-electron chi connectivity index (χ3n) is 10.4. The summed E-state index contributed by atoms with van der Waals surface area (Å²) in [5, 5.41) is 11.1. The molecule has 0 unspecified atom stereocenters. The van der Waals surface area contributed by atoms with E-state index >= 15 is 0 Å². The van der Waals surface area contributed by atoms with Gasteiger partial charge in [-0.2, -0.15) is 0 Å². The van der Waals surface area contributed by atoms with Crippen molar-refractivity contribution >= 4 is 5.78 Å². The normalized spacial score (nSPS) is 44.3. The predicted octanol–water partition coefficient (Wildman–Crippen LogP) is 6.90. The van der Waals surface area contributed by atoms with E-state index in [2.05, 4.69) is 53.3 Å². The van der Waals surface area contributed by atoms with Gasteiger partial charge in [0.05, 0.1) is 6.10 Å². The van der Waals surface area contributed by atoms with Crippen LogP contribution in [0.1, 0.15) is 86.0 Å². The smallest absolute Gasteiger partial charge is 0.155 e. The van der Waals surface area contributed by atoms with Crippen molar-refractivity contribution in [1.29, 1.82) is 0 Å². The van der Waals surface area contributed by atoms with Crippen molar-refractivity contribution in [2.24, 2.45) is 46.3 Å². The molecule has 0 aliphatic heterocycles. The Hall–Kier alpha value is -1.15. The van der Waals surface area contributed by atoms with Crippen LogP contribution >= 0.6 is 0 Å². The van der Waals surface area contributed by atoms with Gasteiger partial charge < -0.3 is 5.11 Å². The second kappa shape index (κ2) is 8.32. The largest absolute Gasteiger partial charge is 0.389 e. The Morgan fingerprint density at radius 3 is 2.65 bits per heavy atom. The first-order valence-electron chi connectivity index (χ1n) is 12.9. The molecular weight excluding hydrogens is 380 g/mol. The van der Waals surface area contributed by atoms with Crippen molar-refractivity contribution in [3.8, 4) is 0 Å². The zero-order valence-corrected chi connectivity index (χ0v) is 20.5. The summed E-state index contributed by atoms with van der Waals surface area (Å²) in [5.41, 5.74) is 2.72. The van der Waals surface area contributed by atoms with Gasteiger partial charge in [0.2, 0.25) is 0 Å². The number of hydrogen-bond acceptors (Lipinski definition) is 2. The van der Waals surface area contributed by atoms with Gasteiger partial charge >= 0.3 is 0 Å². The number of aliphatic hydroxyl groups excluding tert-OH is 1. The first kappa shape index (κ1) is 23.0. The van der Waals surface area contributed by atoms with Crippen molar-refractivity contribution in [2.75, 3.05) is 0 Å². The van der Waals surface area contributed by atoms with Crippen LogP contribution in [0.3, 0.4) is 0 Å². The van der Waals surface area contributed by atoms with Crippen LogP contribution in [-0.2, 0) is 4.79 Å². The molecule has 1 N–H and O–H groups in total. The minimum Gasteiger partial charge on any atom is -0.389 e. The summed E-state index contributed by atoms with van der Waals surface area (Å²) in [5.74, 6) is 3.97. The molecule has 2 nitrogen and oxygen atoms in total. The van der Waals surface area contributed by atoms with Gasteiger partial charge in [-0.25, -0.2) is 0 Å². The number of fused-ring (bicyclic) bond motifs is 5. The molecule has 0 spiro atoms. The van der Waals surface area contributed by atoms with Crippen molar-refractivity contribution in [3.63, 3.8) is 0 Å². The molecule has 31 heavy (non-hydrogen) atoms. The van der Waals surface area contributed by atoms with E-state index in [1.165, 1.54) is 31.3 Å². The lowest BCUT2D eigenvalue weighted by Gasteiger charge is -2.59. The first-order valence-corrected chi connectivity index (χ1v) is 12.9. The van der Waals surface area contributed by atoms with Gasteiger partial charge in [-0.3, -0.25) is 4.79 Å². The van der Waals surface area contributed by atoms with Crippen LogP contribution in [0.15, 0.2) is 36.0 Å². The SMILES string of the molecule is C=C(C)[C@@H](/C=C/[C@@H](C)[C@H]1CC[C@H]2[C@@H]3C[C@@H](O)C4=CC(=O)CC[C@]4(C)[C@H]3CC[C@]12C)CC. The minimum atomic E-state index is -0.421. The summed E-state index contributed by atoms with van der Waals surface area (Å²) >= 11 is 0. The fourth-order valence-electron chi connectivity index (χ4n) is 8.60. The number of carbonyl (C=O) groups excluding carboxylic acids is 1. The van der Waals surface area contributed by atoms with E-state index in [0.717, 1.165) is 30.8 Å². The van der Waals surface area contributed by atoms with E-state index in [1.54, 1.807) is 0 Å². The van der Waals surface area contributed by atoms with Crippen LogP contribution < -0.4 is 0 Å². The molecule has 0 heterocycles. The third kappa shape index (κ3) is 3.71. The van der Waals surface area contributed by atoms with Crippen LogP contribution in [0.4, 0.5) is 0 Å². The highest BCUT2D eigenvalue weighted by Crippen LogP contribution is 2.67. The van der Waals surface area contributed by atoms with Crippen LogP contribution in [0, 0.1) is 46.3 Å². The van der Waals surface area contributed by atoms with E-state index < -0.39 is 6.10 Å². The molecule has 0 saturated heterocycles. The summed E-state index contributed by atoms with van der Waals surface area (Å²) in [4.78, 5) is 12.1. The molecule has 9 atom stereocenters. The van der Waals surface area contributed by atoms with Crippen molar-refractivity contribution in [1.82, 2.24) is 0 Å². The average molecular weight is 425 g/mol. The molecule has 0 radical (unpaired) electrons. The lowest BCUT2D eigenvalue weighted by Crippen LogP contribution is -2.54. The maximum absolute atomic E-state index is 12.1. The fraction of sp³-hybridized carbons (Fsp3) is 0.759. The quantitative estimate of drug-likeness (QED) is 0.487. The molecule has 3 fully saturated rings. The van der Waals surface area contributed by atoms with E-state index in [-0.39, 0.29) is 11.2 Å². The van der Waals surface area contributed by atoms with Crippen LogP contribution in [0.2, 0.25) is 0 Å². The van der Waals surface area contributed by atoms with Crippen LogP contribution in [-0.4, -0.2) is 17.0 Å². The summed E-state index contributed by atoms with van der Waals surface area (Å²) in [6.07, 6.45) is 15.0. The van der Waals surface area contributed by atoms with E-state index in [1.807, 2.05) is 6.08 Å². The lowest BCUT2D eigenvalue weighted by molar-refractivity contribution is -0.119. The number of carbonyl (C=O) groups is 1. The Balaban J connectivity index is 1.56. The monoisotopic (exact) mass is 424 g/mol. The Bertz CT molecular complexity index is 791. The molecule has 4 rings (SSSR count). The second-order valence-electron chi connectivity index (χ2n) is 11.9. The molecule has 0 amide bonds. The zero-order valence-electron chi connectivity index (χ0n) is 20.5. The Morgan fingerprint density at radius 1 is 1.23 bits per heavy atom. The van der Waals surface area contributed by atoms with Gasteiger partial charge in [0.15, 0.2) is 5.78 Å². The molecular formula is C29H44O2. The summed E-state index contributed by atoms with van der Waals surface area (Å²) in [6.45, 7) is 15.9. The molecule has 0 aromatic heterocycles. The zero-order chi connectivity index (χ0) is 22.6. The third-order valence-corrected chi connectivity index (χ3v) is 10.4. The van der Waals surface area contributed by atoms with E-state index in [0.29, 0.717) is 41.4 Å². The summed E-state index contributed by atoms with van der Waals surface area (Å²) in [7, 11) is 0. The highest BCUT2D eigenvalue weighted by Gasteiger charge is 2.60. The van der Waals surface area contributed by atoms with Gasteiger partial charge in [-0.15, -0.1) is 0 Å². The molecule has 4 aliphatic carbocycles. The van der Waals surface area contributed by atoms with E-state index in [9.17, 15) is 9.90 Å². The summed E-state index contributed by atoms with van der Waals surface area (Å²) in [6, 6.07) is 0. The van der Waals surface area contributed by atoms with Gasteiger partial charge in [0, 0.05) is 6.42 Å². The van der Waals surface area contributed by atoms with Crippen LogP contribution in [0.25, 0.3) is 0 Å². The molecule has 0 aromatic carbocycles. The second-order valence-corrected chi connectivity index (χ2v) is 11.9. The summed E-state index contributed by atoms with van der Waals surface area (Å²) < 4.78 is 0. The maximum atomic E-state index is 12.1. The highest BCUT2D eigenvalue weighted by atomic mass is 16.3. The number of aliphatic hydroxyl groups is 1. The minimum absolute atomic E-state index is 0.0248. The molecule has 0 bridgehead atoms. The number of hydrogen-bond donors (Lipinski definition) is 1. The average Bonchev–Trinajstić information content (AvgIpc) is 3.07. The molecule has 2 heteroatoms. The number of allylic oxidation sites excluding steroid dienone is 3. The molecule has 4 aliphatic rings. The van der Waals surface area contributed by atoms with E-state index in [4.69, 9.17) is 0 Å². The Kier molecular flexibility index (Phi) is 6.18. The van der Waals surface area contributed by atoms with Gasteiger partial charge in [-0.1, -0.05) is 52.0 Å². The first-order chi connectivity index (χ1) is 14.6. The van der Waals surface area contributed by atoms with Crippen LogP contribution in [0.5, 0.6) is 0 Å². The number of rotatable bonds is 5. The fourth-order valence-corrected chi connectivity index (χ4v) is 8.60. The topological polar surface area (TPSA) is 37.3 Å². The highest BCUT2D eigenvalue weighted by molar-refractivity contribution is 5.91. The van der Waals surface area contributed by atoms with Crippen molar-refractivity contribution in [3.05, 3.63) is 36.0 Å². The molecule has 0 aromatic rings. The number of ketones is 1. The Labute approximate surface area is 190 Å².